The van der Waals surface area contributed by atoms with E-state index in [4.69, 9.17) is 16.3 Å². The van der Waals surface area contributed by atoms with Crippen molar-refractivity contribution in [2.24, 2.45) is 0 Å². The van der Waals surface area contributed by atoms with Crippen LogP contribution in [0.2, 0.25) is 5.02 Å². The Kier molecular flexibility index (Phi) is 3.40. The quantitative estimate of drug-likeness (QED) is 0.902. The van der Waals surface area contributed by atoms with Crippen LogP contribution in [0, 0.1) is 0 Å². The third kappa shape index (κ3) is 2.33. The summed E-state index contributed by atoms with van der Waals surface area (Å²) in [4.78, 5) is 12.3. The Morgan fingerprint density at radius 3 is 3.00 bits per heavy atom. The van der Waals surface area contributed by atoms with Crippen molar-refractivity contribution in [2.75, 3.05) is 6.61 Å². The minimum absolute atomic E-state index is 0.204. The number of ether oxygens (including phenoxy) is 1. The Balaban J connectivity index is 1.98. The normalized spacial score (nSPS) is 24.2. The molecule has 5 heteroatoms. The van der Waals surface area contributed by atoms with Crippen LogP contribution >= 0.6 is 22.9 Å². The fourth-order valence-electron chi connectivity index (χ4n) is 1.85. The zero-order valence-corrected chi connectivity index (χ0v) is 10.7. The Morgan fingerprint density at radius 2 is 2.50 bits per heavy atom. The van der Waals surface area contributed by atoms with Gasteiger partial charge in [0.25, 0.3) is 0 Å². The Hall–Kier alpha value is -0.740. The summed E-state index contributed by atoms with van der Waals surface area (Å²) in [7, 11) is 0. The SMILES string of the molecule is CC[C@@]1(CCc2sccc2Cl)COC(=O)N1. The smallest absolute Gasteiger partial charge is 0.407 e. The van der Waals surface area contributed by atoms with Crippen molar-refractivity contribution in [1.29, 1.82) is 0 Å². The number of nitrogens with one attached hydrogen (secondary N) is 1. The molecule has 1 atom stereocenters. The van der Waals surface area contributed by atoms with Crippen LogP contribution in [0.25, 0.3) is 0 Å². The molecule has 1 amide bonds. The van der Waals surface area contributed by atoms with Crippen molar-refractivity contribution >= 4 is 29.0 Å². The average molecular weight is 260 g/mol. The van der Waals surface area contributed by atoms with Crippen LogP contribution in [0.3, 0.4) is 0 Å². The summed E-state index contributed by atoms with van der Waals surface area (Å²) in [6.45, 7) is 2.52. The number of carbonyl (C=O) groups is 1. The minimum atomic E-state index is -0.306. The molecule has 1 saturated heterocycles. The van der Waals surface area contributed by atoms with Crippen LogP contribution in [0.4, 0.5) is 4.79 Å². The van der Waals surface area contributed by atoms with Crippen LogP contribution in [0.15, 0.2) is 11.4 Å². The van der Waals surface area contributed by atoms with Gasteiger partial charge in [0.05, 0.1) is 10.6 Å². The lowest BCUT2D eigenvalue weighted by Gasteiger charge is -2.24. The van der Waals surface area contributed by atoms with Gasteiger partial charge in [-0.15, -0.1) is 11.3 Å². The molecular weight excluding hydrogens is 246 g/mol. The highest BCUT2D eigenvalue weighted by Crippen LogP contribution is 2.28. The van der Waals surface area contributed by atoms with E-state index >= 15 is 0 Å². The van der Waals surface area contributed by atoms with Crippen molar-refractivity contribution in [3.8, 4) is 0 Å². The summed E-state index contributed by atoms with van der Waals surface area (Å²) in [6.07, 6.45) is 2.32. The molecule has 1 aromatic rings. The first-order valence-electron chi connectivity index (χ1n) is 5.32. The second-order valence-electron chi connectivity index (χ2n) is 4.03. The lowest BCUT2D eigenvalue weighted by molar-refractivity contribution is 0.170. The second-order valence-corrected chi connectivity index (χ2v) is 5.43. The van der Waals surface area contributed by atoms with E-state index in [1.54, 1.807) is 11.3 Å². The maximum absolute atomic E-state index is 11.1. The summed E-state index contributed by atoms with van der Waals surface area (Å²) in [5.41, 5.74) is -0.204. The first-order valence-corrected chi connectivity index (χ1v) is 6.58. The highest BCUT2D eigenvalue weighted by Gasteiger charge is 2.37. The van der Waals surface area contributed by atoms with Crippen LogP contribution in [0.5, 0.6) is 0 Å². The molecule has 3 nitrogen and oxygen atoms in total. The van der Waals surface area contributed by atoms with Crippen LogP contribution in [-0.4, -0.2) is 18.2 Å². The van der Waals surface area contributed by atoms with Gasteiger partial charge in [-0.3, -0.25) is 0 Å². The van der Waals surface area contributed by atoms with Gasteiger partial charge >= 0.3 is 6.09 Å². The zero-order chi connectivity index (χ0) is 11.6. The molecule has 1 N–H and O–H groups in total. The van der Waals surface area contributed by atoms with Gasteiger partial charge in [-0.1, -0.05) is 18.5 Å². The number of aryl methyl sites for hydroxylation is 1. The van der Waals surface area contributed by atoms with E-state index in [0.717, 1.165) is 24.3 Å². The molecule has 0 saturated carbocycles. The van der Waals surface area contributed by atoms with Gasteiger partial charge in [0.2, 0.25) is 0 Å². The van der Waals surface area contributed by atoms with Crippen molar-refractivity contribution < 1.29 is 9.53 Å². The molecule has 0 radical (unpaired) electrons. The predicted octanol–water partition coefficient (Wildman–Crippen LogP) is 3.22. The Bertz CT molecular complexity index is 393. The maximum atomic E-state index is 11.1. The topological polar surface area (TPSA) is 38.3 Å². The number of amides is 1. The van der Waals surface area contributed by atoms with Crippen molar-refractivity contribution in [3.63, 3.8) is 0 Å². The lowest BCUT2D eigenvalue weighted by atomic mass is 9.92. The van der Waals surface area contributed by atoms with E-state index in [2.05, 4.69) is 12.2 Å². The lowest BCUT2D eigenvalue weighted by Crippen LogP contribution is -2.43. The van der Waals surface area contributed by atoms with Gasteiger partial charge in [-0.25, -0.2) is 4.79 Å². The zero-order valence-electron chi connectivity index (χ0n) is 9.09. The fourth-order valence-corrected chi connectivity index (χ4v) is 2.99. The molecule has 0 spiro atoms. The molecule has 1 aliphatic heterocycles. The van der Waals surface area contributed by atoms with E-state index in [1.807, 2.05) is 11.4 Å². The van der Waals surface area contributed by atoms with E-state index in [1.165, 1.54) is 4.88 Å². The summed E-state index contributed by atoms with van der Waals surface area (Å²) >= 11 is 7.69. The molecule has 0 unspecified atom stereocenters. The van der Waals surface area contributed by atoms with Gasteiger partial charge in [0.15, 0.2) is 0 Å². The molecule has 0 aromatic carbocycles. The van der Waals surface area contributed by atoms with E-state index in [0.29, 0.717) is 6.61 Å². The van der Waals surface area contributed by atoms with Gasteiger partial charge in [-0.05, 0) is 30.7 Å². The van der Waals surface area contributed by atoms with E-state index in [-0.39, 0.29) is 11.6 Å². The Morgan fingerprint density at radius 1 is 1.69 bits per heavy atom. The van der Waals surface area contributed by atoms with Gasteiger partial charge in [-0.2, -0.15) is 0 Å². The van der Waals surface area contributed by atoms with Crippen LogP contribution < -0.4 is 5.32 Å². The summed E-state index contributed by atoms with van der Waals surface area (Å²) in [5.74, 6) is 0. The number of rotatable bonds is 4. The number of hydrogen-bond acceptors (Lipinski definition) is 3. The predicted molar refractivity (Wildman–Crippen MR) is 65.2 cm³/mol. The van der Waals surface area contributed by atoms with Crippen molar-refractivity contribution in [3.05, 3.63) is 21.3 Å². The van der Waals surface area contributed by atoms with Crippen molar-refractivity contribution in [2.45, 2.75) is 31.7 Å². The molecule has 2 heterocycles. The first kappa shape index (κ1) is 11.7. The number of halogens is 1. The average Bonchev–Trinajstić information content (AvgIpc) is 2.83. The highest BCUT2D eigenvalue weighted by atomic mass is 35.5. The summed E-state index contributed by atoms with van der Waals surface area (Å²) < 4.78 is 4.98. The number of cyclic esters (lactones) is 1. The number of alkyl carbamates (subject to hydrolysis) is 1. The van der Waals surface area contributed by atoms with Gasteiger partial charge < -0.3 is 10.1 Å². The van der Waals surface area contributed by atoms with Gasteiger partial charge in [0, 0.05) is 4.88 Å². The minimum Gasteiger partial charge on any atom is -0.447 e. The third-order valence-electron chi connectivity index (χ3n) is 3.05. The molecule has 2 rings (SSSR count). The molecule has 16 heavy (non-hydrogen) atoms. The molecule has 1 aliphatic rings. The van der Waals surface area contributed by atoms with Crippen LogP contribution in [-0.2, 0) is 11.2 Å². The Labute approximate surface area is 104 Å². The van der Waals surface area contributed by atoms with E-state index in [9.17, 15) is 4.79 Å². The van der Waals surface area contributed by atoms with Crippen LogP contribution in [0.1, 0.15) is 24.6 Å². The van der Waals surface area contributed by atoms with E-state index < -0.39 is 0 Å². The van der Waals surface area contributed by atoms with Crippen molar-refractivity contribution in [1.82, 2.24) is 5.32 Å². The molecule has 1 fully saturated rings. The largest absolute Gasteiger partial charge is 0.447 e. The maximum Gasteiger partial charge on any atom is 0.407 e. The number of hydrogen-bond donors (Lipinski definition) is 1. The standard InChI is InChI=1S/C11H14ClNO2S/c1-2-11(7-15-10(14)13-11)5-3-9-8(12)4-6-16-9/h4,6H,2-3,5,7H2,1H3,(H,13,14)/t11-/m1/s1. The molecule has 88 valence electrons. The molecular formula is C11H14ClNO2S. The number of thiophene rings is 1. The first-order chi connectivity index (χ1) is 7.65. The number of carbonyl (C=O) groups excluding carboxylic acids is 1. The third-order valence-corrected chi connectivity index (χ3v) is 4.49. The second kappa shape index (κ2) is 4.63. The fraction of sp³-hybridized carbons (Fsp3) is 0.545. The summed E-state index contributed by atoms with van der Waals surface area (Å²) in [5, 5.41) is 5.71. The monoisotopic (exact) mass is 259 g/mol. The molecule has 0 bridgehead atoms. The molecule has 1 aromatic heterocycles. The highest BCUT2D eigenvalue weighted by molar-refractivity contribution is 7.10. The van der Waals surface area contributed by atoms with Gasteiger partial charge in [0.1, 0.15) is 6.61 Å². The summed E-state index contributed by atoms with van der Waals surface area (Å²) in [6, 6.07) is 1.91. The molecule has 0 aliphatic carbocycles.